The number of ketones is 2. The van der Waals surface area contributed by atoms with Crippen LogP contribution in [0.5, 0.6) is 0 Å². The van der Waals surface area contributed by atoms with E-state index in [1.807, 2.05) is 73.6 Å². The Kier molecular flexibility index (Phi) is 17.8. The van der Waals surface area contributed by atoms with E-state index in [1.54, 1.807) is 62.6 Å². The summed E-state index contributed by atoms with van der Waals surface area (Å²) in [5.41, 5.74) is 8.87. The van der Waals surface area contributed by atoms with Crippen LogP contribution >= 0.6 is 11.6 Å². The van der Waals surface area contributed by atoms with Gasteiger partial charge in [0.25, 0.3) is 0 Å². The van der Waals surface area contributed by atoms with Crippen molar-refractivity contribution in [1.82, 2.24) is 48.8 Å². The molecular formula is C62H79ClN14O8. The van der Waals surface area contributed by atoms with E-state index in [-0.39, 0.29) is 77.5 Å². The second-order valence-corrected chi connectivity index (χ2v) is 25.4. The summed E-state index contributed by atoms with van der Waals surface area (Å²) in [5, 5.41) is 5.17. The summed E-state index contributed by atoms with van der Waals surface area (Å²) < 4.78 is 15.4. The zero-order valence-electron chi connectivity index (χ0n) is 50.1. The molecular weight excluding hydrogens is 1100 g/mol. The van der Waals surface area contributed by atoms with Gasteiger partial charge in [-0.05, 0) is 141 Å². The first-order valence-electron chi connectivity index (χ1n) is 30.1. The summed E-state index contributed by atoms with van der Waals surface area (Å²) in [7, 11) is 0. The quantitative estimate of drug-likeness (QED) is 0.0954. The number of hydrogen-bond donors (Lipinski definition) is 2. The van der Waals surface area contributed by atoms with Crippen LogP contribution in [0.2, 0.25) is 5.28 Å². The van der Waals surface area contributed by atoms with Gasteiger partial charge >= 0.3 is 12.2 Å². The highest BCUT2D eigenvalue weighted by Crippen LogP contribution is 2.39. The van der Waals surface area contributed by atoms with E-state index in [2.05, 4.69) is 39.4 Å². The fourth-order valence-electron chi connectivity index (χ4n) is 12.9. The lowest BCUT2D eigenvalue weighted by molar-refractivity contribution is -0.119. The zero-order valence-corrected chi connectivity index (χ0v) is 50.8. The van der Waals surface area contributed by atoms with Crippen LogP contribution in [-0.4, -0.2) is 133 Å². The Balaban J connectivity index is 0.000000157. The van der Waals surface area contributed by atoms with Crippen molar-refractivity contribution in [3.05, 3.63) is 77.9 Å². The number of pyridine rings is 2. The molecule has 23 heteroatoms. The Morgan fingerprint density at radius 1 is 0.576 bits per heavy atom. The number of Topliss-reactive ketones (excluding diaryl/α,β-unsaturated/α-hetero) is 2. The summed E-state index contributed by atoms with van der Waals surface area (Å²) in [6.07, 6.45) is 19.9. The van der Waals surface area contributed by atoms with Crippen LogP contribution in [0.3, 0.4) is 0 Å². The van der Waals surface area contributed by atoms with Gasteiger partial charge in [-0.1, -0.05) is 39.5 Å². The van der Waals surface area contributed by atoms with E-state index in [0.717, 1.165) is 92.0 Å². The number of ether oxygens (including phenoxy) is 2. The molecule has 6 aromatic rings. The average molecular weight is 1180 g/mol. The van der Waals surface area contributed by atoms with Crippen LogP contribution < -0.4 is 20.9 Å². The van der Waals surface area contributed by atoms with Gasteiger partial charge in [-0.25, -0.2) is 29.5 Å². The zero-order chi connectivity index (χ0) is 60.5. The minimum atomic E-state index is -0.595. The van der Waals surface area contributed by atoms with Crippen LogP contribution in [0.15, 0.2) is 61.2 Å². The third kappa shape index (κ3) is 13.5. The molecule has 12 rings (SSSR count). The molecule has 0 unspecified atom stereocenters. The number of nitrogens with zero attached hydrogens (tertiary/aromatic N) is 12. The lowest BCUT2D eigenvalue weighted by Crippen LogP contribution is -2.45. The first-order valence-corrected chi connectivity index (χ1v) is 30.5. The van der Waals surface area contributed by atoms with E-state index in [0.29, 0.717) is 73.0 Å². The van der Waals surface area contributed by atoms with Gasteiger partial charge in [0.2, 0.25) is 23.0 Å². The van der Waals surface area contributed by atoms with Gasteiger partial charge in [0.05, 0.1) is 47.2 Å². The Labute approximate surface area is 500 Å². The number of carbonyl (C=O) groups is 6. The van der Waals surface area contributed by atoms with Crippen molar-refractivity contribution in [3.8, 4) is 0 Å². The number of carbonyl (C=O) groups excluding carboxylic acids is 6. The van der Waals surface area contributed by atoms with Crippen molar-refractivity contribution >= 4 is 98.2 Å². The fourth-order valence-corrected chi connectivity index (χ4v) is 13.0. The molecule has 0 aromatic carbocycles. The minimum absolute atomic E-state index is 0.00216. The van der Waals surface area contributed by atoms with Gasteiger partial charge in [-0.2, -0.15) is 9.97 Å². The molecule has 22 nitrogen and oxygen atoms in total. The molecule has 2 aliphatic carbocycles. The van der Waals surface area contributed by atoms with Crippen LogP contribution in [-0.2, 0) is 19.1 Å². The Bertz CT molecular complexity index is 3450. The number of halogens is 1. The molecule has 4 amide bonds. The van der Waals surface area contributed by atoms with Crippen molar-refractivity contribution in [2.24, 2.45) is 0 Å². The van der Waals surface area contributed by atoms with Crippen LogP contribution in [0.25, 0.3) is 22.1 Å². The highest BCUT2D eigenvalue weighted by Gasteiger charge is 2.46. The van der Waals surface area contributed by atoms with Gasteiger partial charge in [0, 0.05) is 86.1 Å². The van der Waals surface area contributed by atoms with E-state index in [1.165, 1.54) is 12.8 Å². The number of rotatable bonds is 10. The van der Waals surface area contributed by atoms with E-state index < -0.39 is 11.2 Å². The first kappa shape index (κ1) is 60.4. The maximum absolute atomic E-state index is 13.2. The molecule has 2 saturated carbocycles. The number of amides is 4. The molecule has 4 bridgehead atoms. The first-order chi connectivity index (χ1) is 40.6. The fraction of sp³-hybridized carbons (Fsp3) is 0.548. The standard InChI is InChI=1S/C31H39N7O4.C17H24N4O3.C14H16ClN3O/c1-5-25(39)24-14-19-16-33-29(35-28(19)38(24)20-8-6-7-9-20)34-26-13-12-22(17-32-26)36-18-23-11-10-21(15-27(36)40)37(23)30(41)42-31(2,3)4;1-17(2,3)24-16(23)21-11-4-5-13(21)10-20(15(22)8-11)12-6-7-14(18)19-9-12;1-2-12(19)11-7-9-8-16-14(15)17-13(9)18(11)10-5-3-4-6-10/h12-14,16-17,20-21,23H,5-11,15,18H2,1-4H3,(H,32,33,34,35);6-7,9,11,13H,4-5,8,10H2,1-3H3,(H2,18,19);7-8,10H,2-6H2,1H3/t21-,23+;11-,13+;/m00./s1. The lowest BCUT2D eigenvalue weighted by atomic mass is 10.1. The largest absolute Gasteiger partial charge is 0.444 e. The minimum Gasteiger partial charge on any atom is -0.444 e. The van der Waals surface area contributed by atoms with Gasteiger partial charge < -0.3 is 39.5 Å². The smallest absolute Gasteiger partial charge is 0.410 e. The van der Waals surface area contributed by atoms with Gasteiger partial charge in [-0.15, -0.1) is 0 Å². The number of anilines is 5. The van der Waals surface area contributed by atoms with Crippen LogP contribution in [0.4, 0.5) is 38.5 Å². The van der Waals surface area contributed by atoms with Crippen molar-refractivity contribution in [2.75, 3.05) is 33.9 Å². The van der Waals surface area contributed by atoms with Gasteiger partial charge in [0.1, 0.15) is 34.1 Å². The summed E-state index contributed by atoms with van der Waals surface area (Å²) in [5.74, 6) is 1.59. The van der Waals surface area contributed by atoms with Crippen molar-refractivity contribution in [2.45, 2.75) is 206 Å². The second-order valence-electron chi connectivity index (χ2n) is 25.0. The number of aromatic nitrogens is 8. The molecule has 3 N–H and O–H groups in total. The predicted molar refractivity (Wildman–Crippen MR) is 324 cm³/mol. The summed E-state index contributed by atoms with van der Waals surface area (Å²) in [6, 6.07) is 11.2. The number of nitrogens with two attached hydrogens (primary N) is 1. The van der Waals surface area contributed by atoms with Crippen LogP contribution in [0.1, 0.15) is 191 Å². The molecule has 452 valence electrons. The molecule has 4 atom stereocenters. The Morgan fingerprint density at radius 3 is 1.46 bits per heavy atom. The molecule has 4 saturated heterocycles. The van der Waals surface area contributed by atoms with Crippen molar-refractivity contribution in [3.63, 3.8) is 0 Å². The molecule has 10 heterocycles. The molecule has 0 radical (unpaired) electrons. The van der Waals surface area contributed by atoms with Crippen molar-refractivity contribution in [1.29, 1.82) is 0 Å². The number of hydrogen-bond acceptors (Lipinski definition) is 16. The average Bonchev–Trinajstić information content (AvgIpc) is 2.13. The van der Waals surface area contributed by atoms with E-state index in [4.69, 9.17) is 31.8 Å². The number of nitrogens with one attached hydrogen (secondary N) is 1. The molecule has 6 fully saturated rings. The van der Waals surface area contributed by atoms with Gasteiger partial charge in [-0.3, -0.25) is 29.0 Å². The Morgan fingerprint density at radius 2 is 1.02 bits per heavy atom. The highest BCUT2D eigenvalue weighted by atomic mass is 35.5. The third-order valence-corrected chi connectivity index (χ3v) is 16.9. The molecule has 6 aliphatic rings. The normalized spacial score (nSPS) is 20.9. The summed E-state index contributed by atoms with van der Waals surface area (Å²) >= 11 is 5.90. The molecule has 4 aliphatic heterocycles. The number of fused-ring (bicyclic) bond motifs is 6. The summed E-state index contributed by atoms with van der Waals surface area (Å²) in [4.78, 5) is 109. The third-order valence-electron chi connectivity index (χ3n) is 16.8. The highest BCUT2D eigenvalue weighted by molar-refractivity contribution is 6.28. The van der Waals surface area contributed by atoms with Gasteiger partial charge in [0.15, 0.2) is 11.6 Å². The SMILES string of the molecule is CC(C)(C)OC(=O)N1[C@@H]2CC[C@H]1CC(=O)N(c1ccc(N)nc1)C2.CCC(=O)c1cc2cnc(Cl)nc2n1C1CCCC1.CCC(=O)c1cc2cnc(Nc3ccc(N4C[C@H]5CC[C@@H](CC4=O)N5C(=O)OC(C)(C)C)cn3)nc2n1C1CCCC1. The summed E-state index contributed by atoms with van der Waals surface area (Å²) in [6.45, 7) is 15.7. The topological polar surface area (TPSA) is 259 Å². The number of nitrogen functional groups attached to an aromatic ring is 1. The van der Waals surface area contributed by atoms with Crippen LogP contribution in [0, 0.1) is 0 Å². The molecule has 0 spiro atoms. The van der Waals surface area contributed by atoms with E-state index in [9.17, 15) is 28.8 Å². The lowest BCUT2D eigenvalue weighted by Gasteiger charge is -2.31. The van der Waals surface area contributed by atoms with Crippen molar-refractivity contribution < 1.29 is 38.2 Å². The Hall–Kier alpha value is -7.75. The van der Waals surface area contributed by atoms with E-state index >= 15 is 0 Å². The second kappa shape index (κ2) is 25.1. The predicted octanol–water partition coefficient (Wildman–Crippen LogP) is 11.7. The maximum atomic E-state index is 13.2. The molecule has 6 aromatic heterocycles. The molecule has 85 heavy (non-hydrogen) atoms. The maximum Gasteiger partial charge on any atom is 0.410 e. The monoisotopic (exact) mass is 1180 g/mol.